The van der Waals surface area contributed by atoms with E-state index in [1.807, 2.05) is 24.3 Å². The van der Waals surface area contributed by atoms with Gasteiger partial charge in [0.1, 0.15) is 18.1 Å². The SMILES string of the molecule is COCOC12CC3CC(C1)C(C)(OC(=O)COc1ccc([S+](c4ccccc4)c4ccccc4)cc1)C(C3)C2. The maximum atomic E-state index is 13.0. The second kappa shape index (κ2) is 11.0. The Morgan fingerprint density at radius 3 is 1.95 bits per heavy atom. The normalized spacial score (nSPS) is 28.9. The maximum absolute atomic E-state index is 13.0. The zero-order valence-electron chi connectivity index (χ0n) is 22.7. The van der Waals surface area contributed by atoms with E-state index in [1.165, 1.54) is 14.7 Å². The van der Waals surface area contributed by atoms with E-state index in [0.29, 0.717) is 30.3 Å². The highest BCUT2D eigenvalue weighted by molar-refractivity contribution is 7.97. The summed E-state index contributed by atoms with van der Waals surface area (Å²) < 4.78 is 23.5. The van der Waals surface area contributed by atoms with Gasteiger partial charge in [-0.15, -0.1) is 0 Å². The minimum atomic E-state index is -0.457. The molecule has 39 heavy (non-hydrogen) atoms. The van der Waals surface area contributed by atoms with Crippen molar-refractivity contribution in [2.45, 2.75) is 64.9 Å². The molecule has 0 aromatic heterocycles. The van der Waals surface area contributed by atoms with Gasteiger partial charge in [-0.1, -0.05) is 36.4 Å². The summed E-state index contributed by atoms with van der Waals surface area (Å²) in [4.78, 5) is 16.7. The molecule has 6 heteroatoms. The molecule has 4 bridgehead atoms. The minimum absolute atomic E-state index is 0.0911. The van der Waals surface area contributed by atoms with Crippen molar-refractivity contribution in [1.82, 2.24) is 0 Å². The van der Waals surface area contributed by atoms with Gasteiger partial charge in [-0.05, 0) is 93.5 Å². The molecule has 2 unspecified atom stereocenters. The number of hydrogen-bond donors (Lipinski definition) is 0. The lowest BCUT2D eigenvalue weighted by molar-refractivity contribution is -0.262. The summed E-state index contributed by atoms with van der Waals surface area (Å²) in [6, 6.07) is 29.2. The molecule has 7 rings (SSSR count). The van der Waals surface area contributed by atoms with Crippen LogP contribution in [0.2, 0.25) is 0 Å². The number of benzene rings is 3. The van der Waals surface area contributed by atoms with Crippen LogP contribution in [-0.2, 0) is 29.9 Å². The molecule has 0 radical (unpaired) electrons. The van der Waals surface area contributed by atoms with Gasteiger partial charge in [0.2, 0.25) is 0 Å². The van der Waals surface area contributed by atoms with Gasteiger partial charge < -0.3 is 18.9 Å². The number of rotatable bonds is 10. The van der Waals surface area contributed by atoms with Crippen LogP contribution in [-0.4, -0.2) is 37.7 Å². The van der Waals surface area contributed by atoms with Gasteiger partial charge in [0.05, 0.1) is 16.5 Å². The summed E-state index contributed by atoms with van der Waals surface area (Å²) >= 11 is 0. The van der Waals surface area contributed by atoms with Gasteiger partial charge in [-0.3, -0.25) is 0 Å². The Morgan fingerprint density at radius 2 is 1.38 bits per heavy atom. The fourth-order valence-electron chi connectivity index (χ4n) is 7.25. The summed E-state index contributed by atoms with van der Waals surface area (Å²) in [6.07, 6.45) is 5.17. The van der Waals surface area contributed by atoms with Crippen molar-refractivity contribution in [3.8, 4) is 5.75 Å². The topological polar surface area (TPSA) is 54.0 Å². The van der Waals surface area contributed by atoms with Crippen LogP contribution >= 0.6 is 0 Å². The first-order chi connectivity index (χ1) is 19.0. The average molecular weight is 546 g/mol. The Kier molecular flexibility index (Phi) is 7.45. The minimum Gasteiger partial charge on any atom is -0.482 e. The first-order valence-corrected chi connectivity index (χ1v) is 15.1. The van der Waals surface area contributed by atoms with Gasteiger partial charge in [-0.25, -0.2) is 4.79 Å². The smallest absolute Gasteiger partial charge is 0.344 e. The first kappa shape index (κ1) is 26.4. The van der Waals surface area contributed by atoms with E-state index in [1.54, 1.807) is 7.11 Å². The van der Waals surface area contributed by atoms with Gasteiger partial charge >= 0.3 is 5.97 Å². The van der Waals surface area contributed by atoms with Crippen molar-refractivity contribution in [3.63, 3.8) is 0 Å². The van der Waals surface area contributed by atoms with Crippen molar-refractivity contribution in [1.29, 1.82) is 0 Å². The molecule has 4 fully saturated rings. The molecule has 0 heterocycles. The predicted molar refractivity (Wildman–Crippen MR) is 151 cm³/mol. The summed E-state index contributed by atoms with van der Waals surface area (Å²) in [5, 5.41) is 0. The van der Waals surface area contributed by atoms with Crippen LogP contribution in [0.4, 0.5) is 0 Å². The molecule has 0 saturated heterocycles. The summed E-state index contributed by atoms with van der Waals surface area (Å²) in [5.41, 5.74) is -0.574. The molecule has 3 aromatic rings. The molecule has 0 amide bonds. The van der Waals surface area contributed by atoms with E-state index in [0.717, 1.165) is 32.1 Å². The van der Waals surface area contributed by atoms with E-state index in [9.17, 15) is 4.79 Å². The van der Waals surface area contributed by atoms with E-state index < -0.39 is 5.60 Å². The van der Waals surface area contributed by atoms with Crippen molar-refractivity contribution in [2.75, 3.05) is 20.5 Å². The first-order valence-electron chi connectivity index (χ1n) is 13.9. The summed E-state index contributed by atoms with van der Waals surface area (Å²) in [7, 11) is 1.45. The summed E-state index contributed by atoms with van der Waals surface area (Å²) in [5.74, 6) is 1.66. The standard InChI is InChI=1S/C33H37O5S/c1-32(25-17-24-18-26(32)21-33(19-24,20-25)37-23-35-2)38-31(34)22-36-27-13-15-30(16-14-27)39(28-9-5-3-6-10-28)29-11-7-4-8-12-29/h3-16,24-26H,17-23H2,1-2H3/q+1. The molecule has 0 spiro atoms. The number of hydrogen-bond acceptors (Lipinski definition) is 5. The highest BCUT2D eigenvalue weighted by Gasteiger charge is 2.62. The number of esters is 1. The predicted octanol–water partition coefficient (Wildman–Crippen LogP) is 6.66. The Morgan fingerprint density at radius 1 is 0.821 bits per heavy atom. The largest absolute Gasteiger partial charge is 0.482 e. The molecule has 5 nitrogen and oxygen atoms in total. The molecule has 3 aromatic carbocycles. The maximum Gasteiger partial charge on any atom is 0.344 e. The second-order valence-electron chi connectivity index (χ2n) is 11.4. The zero-order valence-corrected chi connectivity index (χ0v) is 23.5. The van der Waals surface area contributed by atoms with Crippen LogP contribution in [0, 0.1) is 17.8 Å². The molecule has 0 aliphatic heterocycles. The van der Waals surface area contributed by atoms with Crippen LogP contribution in [0.15, 0.2) is 99.6 Å². The van der Waals surface area contributed by atoms with E-state index in [2.05, 4.69) is 67.6 Å². The fraction of sp³-hybridized carbons (Fsp3) is 0.424. The zero-order chi connectivity index (χ0) is 26.9. The number of carbonyl (C=O) groups is 1. The lowest BCUT2D eigenvalue weighted by atomic mass is 9.48. The molecular weight excluding hydrogens is 508 g/mol. The molecule has 0 N–H and O–H groups in total. The molecule has 4 aliphatic rings. The monoisotopic (exact) mass is 545 g/mol. The Labute approximate surface area is 234 Å². The van der Waals surface area contributed by atoms with E-state index >= 15 is 0 Å². The third-order valence-corrected chi connectivity index (χ3v) is 11.2. The van der Waals surface area contributed by atoms with E-state index in [4.69, 9.17) is 18.9 Å². The number of methoxy groups -OCH3 is 1. The average Bonchev–Trinajstić information content (AvgIpc) is 2.96. The van der Waals surface area contributed by atoms with Crippen molar-refractivity contribution >= 4 is 16.9 Å². The van der Waals surface area contributed by atoms with Crippen LogP contribution in [0.5, 0.6) is 5.75 Å². The third kappa shape index (κ3) is 5.34. The van der Waals surface area contributed by atoms with Gasteiger partial charge in [0.15, 0.2) is 21.3 Å². The highest BCUT2D eigenvalue weighted by atomic mass is 32.2. The molecule has 2 atom stereocenters. The highest BCUT2D eigenvalue weighted by Crippen LogP contribution is 2.62. The molecular formula is C33H37O5S+. The molecule has 4 aliphatic carbocycles. The van der Waals surface area contributed by atoms with Gasteiger partial charge in [0, 0.05) is 18.9 Å². The van der Waals surface area contributed by atoms with Crippen LogP contribution < -0.4 is 4.74 Å². The number of carbonyl (C=O) groups excluding carboxylic acids is 1. The quantitative estimate of drug-likeness (QED) is 0.162. The molecule has 204 valence electrons. The number of ether oxygens (including phenoxy) is 4. The van der Waals surface area contributed by atoms with Gasteiger partial charge in [-0.2, -0.15) is 0 Å². The fourth-order valence-corrected chi connectivity index (χ4v) is 9.34. The van der Waals surface area contributed by atoms with Crippen LogP contribution in [0.3, 0.4) is 0 Å². The second-order valence-corrected chi connectivity index (χ2v) is 13.5. The van der Waals surface area contributed by atoms with Gasteiger partial charge in [0.25, 0.3) is 0 Å². The Hall–Kier alpha value is -2.80. The lowest BCUT2D eigenvalue weighted by Gasteiger charge is -2.63. The van der Waals surface area contributed by atoms with Crippen molar-refractivity contribution in [3.05, 3.63) is 84.9 Å². The van der Waals surface area contributed by atoms with Crippen LogP contribution in [0.25, 0.3) is 0 Å². The van der Waals surface area contributed by atoms with Crippen molar-refractivity contribution in [2.24, 2.45) is 17.8 Å². The Bertz CT molecular complexity index is 1210. The van der Waals surface area contributed by atoms with Crippen molar-refractivity contribution < 1.29 is 23.7 Å². The van der Waals surface area contributed by atoms with Crippen LogP contribution in [0.1, 0.15) is 39.0 Å². The lowest BCUT2D eigenvalue weighted by Crippen LogP contribution is -2.64. The summed E-state index contributed by atoms with van der Waals surface area (Å²) in [6.45, 7) is 2.37. The molecule has 4 saturated carbocycles. The van der Waals surface area contributed by atoms with E-state index in [-0.39, 0.29) is 29.1 Å². The third-order valence-electron chi connectivity index (χ3n) is 8.95. The Balaban J connectivity index is 1.10.